The van der Waals surface area contributed by atoms with Crippen molar-refractivity contribution in [3.05, 3.63) is 42.5 Å². The average Bonchev–Trinajstić information content (AvgIpc) is 2.37. The summed E-state index contributed by atoms with van der Waals surface area (Å²) in [6, 6.07) is 11.0. The normalized spacial score (nSPS) is 13.3. The van der Waals surface area contributed by atoms with Gasteiger partial charge in [0, 0.05) is 0 Å². The van der Waals surface area contributed by atoms with Crippen LogP contribution < -0.4 is 11.5 Å². The summed E-state index contributed by atoms with van der Waals surface area (Å²) in [7, 11) is -3.62. The van der Waals surface area contributed by atoms with E-state index in [-0.39, 0.29) is 4.90 Å². The highest BCUT2D eigenvalue weighted by atomic mass is 32.2. The van der Waals surface area contributed by atoms with E-state index in [2.05, 4.69) is 0 Å². The standard InChI is InChI=1S/C13H14N2O3S/c14-12(13(15)16)8-19(17,18)11-6-5-9-3-1-2-4-10(9)7-11/h1-7,12H,8,14H2,(H2,15,16). The highest BCUT2D eigenvalue weighted by Gasteiger charge is 2.22. The second-order valence-electron chi connectivity index (χ2n) is 4.30. The molecule has 1 amide bonds. The minimum Gasteiger partial charge on any atom is -0.368 e. The van der Waals surface area contributed by atoms with Crippen LogP contribution in [0.15, 0.2) is 47.4 Å². The van der Waals surface area contributed by atoms with E-state index in [4.69, 9.17) is 11.5 Å². The molecule has 0 spiro atoms. The van der Waals surface area contributed by atoms with Gasteiger partial charge in [-0.2, -0.15) is 0 Å². The predicted molar refractivity (Wildman–Crippen MR) is 73.2 cm³/mol. The van der Waals surface area contributed by atoms with Gasteiger partial charge >= 0.3 is 0 Å². The first kappa shape index (κ1) is 13.5. The number of hydrogen-bond donors (Lipinski definition) is 2. The molecule has 0 aromatic heterocycles. The van der Waals surface area contributed by atoms with Crippen molar-refractivity contribution in [1.29, 1.82) is 0 Å². The van der Waals surface area contributed by atoms with Crippen LogP contribution >= 0.6 is 0 Å². The lowest BCUT2D eigenvalue weighted by Gasteiger charge is -2.09. The SMILES string of the molecule is NC(=O)C(N)CS(=O)(=O)c1ccc2ccccc2c1. The number of amides is 1. The Hall–Kier alpha value is -1.92. The molecule has 5 nitrogen and oxygen atoms in total. The van der Waals surface area contributed by atoms with Crippen LogP contribution in [-0.4, -0.2) is 26.1 Å². The van der Waals surface area contributed by atoms with Gasteiger partial charge in [-0.15, -0.1) is 0 Å². The van der Waals surface area contributed by atoms with Crippen molar-refractivity contribution >= 4 is 26.5 Å². The molecule has 2 aromatic rings. The molecule has 6 heteroatoms. The number of benzene rings is 2. The van der Waals surface area contributed by atoms with Crippen LogP contribution in [0.2, 0.25) is 0 Å². The van der Waals surface area contributed by atoms with Gasteiger partial charge in [-0.1, -0.05) is 30.3 Å². The molecule has 0 saturated carbocycles. The molecule has 4 N–H and O–H groups in total. The van der Waals surface area contributed by atoms with Gasteiger partial charge in [0.25, 0.3) is 0 Å². The maximum atomic E-state index is 12.1. The number of primary amides is 1. The minimum atomic E-state index is -3.62. The fourth-order valence-electron chi connectivity index (χ4n) is 1.78. The van der Waals surface area contributed by atoms with Crippen molar-refractivity contribution in [2.75, 3.05) is 5.75 Å². The minimum absolute atomic E-state index is 0.142. The molecule has 19 heavy (non-hydrogen) atoms. The fourth-order valence-corrected chi connectivity index (χ4v) is 3.19. The van der Waals surface area contributed by atoms with Crippen LogP contribution in [0.3, 0.4) is 0 Å². The molecule has 2 aromatic carbocycles. The number of fused-ring (bicyclic) bond motifs is 1. The maximum Gasteiger partial charge on any atom is 0.235 e. The molecule has 0 radical (unpaired) electrons. The van der Waals surface area contributed by atoms with Gasteiger partial charge in [0.05, 0.1) is 16.7 Å². The summed E-state index contributed by atoms with van der Waals surface area (Å²) in [5.41, 5.74) is 10.4. The Morgan fingerprint density at radius 2 is 1.74 bits per heavy atom. The van der Waals surface area contributed by atoms with E-state index in [9.17, 15) is 13.2 Å². The van der Waals surface area contributed by atoms with E-state index in [0.717, 1.165) is 10.8 Å². The number of carbonyl (C=O) groups is 1. The molecule has 0 heterocycles. The molecule has 1 atom stereocenters. The molecule has 0 aliphatic heterocycles. The first-order valence-corrected chi connectivity index (χ1v) is 7.32. The average molecular weight is 278 g/mol. The van der Waals surface area contributed by atoms with Gasteiger partial charge in [0.15, 0.2) is 9.84 Å². The summed E-state index contributed by atoms with van der Waals surface area (Å²) >= 11 is 0. The van der Waals surface area contributed by atoms with Crippen LogP contribution in [0.5, 0.6) is 0 Å². The number of carbonyl (C=O) groups excluding carboxylic acids is 1. The largest absolute Gasteiger partial charge is 0.368 e. The van der Waals surface area contributed by atoms with Gasteiger partial charge in [-0.3, -0.25) is 4.79 Å². The van der Waals surface area contributed by atoms with E-state index >= 15 is 0 Å². The van der Waals surface area contributed by atoms with Crippen LogP contribution in [0.1, 0.15) is 0 Å². The van der Waals surface area contributed by atoms with Crippen LogP contribution in [0, 0.1) is 0 Å². The summed E-state index contributed by atoms with van der Waals surface area (Å²) < 4.78 is 24.2. The Morgan fingerprint density at radius 1 is 1.11 bits per heavy atom. The van der Waals surface area contributed by atoms with Gasteiger partial charge in [-0.25, -0.2) is 8.42 Å². The Kier molecular flexibility index (Phi) is 3.55. The monoisotopic (exact) mass is 278 g/mol. The van der Waals surface area contributed by atoms with Gasteiger partial charge in [0.1, 0.15) is 0 Å². The molecule has 0 aliphatic carbocycles. The molecule has 0 fully saturated rings. The maximum absolute atomic E-state index is 12.1. The van der Waals surface area contributed by atoms with Crippen molar-refractivity contribution < 1.29 is 13.2 Å². The lowest BCUT2D eigenvalue weighted by atomic mass is 10.1. The topological polar surface area (TPSA) is 103 Å². The molecule has 0 saturated heterocycles. The number of sulfone groups is 1. The Morgan fingerprint density at radius 3 is 2.37 bits per heavy atom. The summed E-state index contributed by atoms with van der Waals surface area (Å²) in [4.78, 5) is 11.0. The molecule has 0 bridgehead atoms. The summed E-state index contributed by atoms with van der Waals surface area (Å²) in [5, 5.41) is 1.76. The van der Waals surface area contributed by atoms with E-state index in [0.29, 0.717) is 0 Å². The van der Waals surface area contributed by atoms with Crippen molar-refractivity contribution in [3.8, 4) is 0 Å². The third kappa shape index (κ3) is 2.91. The van der Waals surface area contributed by atoms with E-state index in [1.54, 1.807) is 12.1 Å². The number of hydrogen-bond acceptors (Lipinski definition) is 4. The predicted octanol–water partition coefficient (Wildman–Crippen LogP) is 0.426. The summed E-state index contributed by atoms with van der Waals surface area (Å²) in [6.07, 6.45) is 0. The first-order valence-electron chi connectivity index (χ1n) is 5.66. The Labute approximate surface area is 111 Å². The van der Waals surface area contributed by atoms with E-state index < -0.39 is 27.5 Å². The zero-order chi connectivity index (χ0) is 14.0. The van der Waals surface area contributed by atoms with Crippen molar-refractivity contribution in [3.63, 3.8) is 0 Å². The Balaban J connectivity index is 2.40. The van der Waals surface area contributed by atoms with Gasteiger partial charge in [-0.05, 0) is 22.9 Å². The molecule has 1 unspecified atom stereocenters. The summed E-state index contributed by atoms with van der Waals surface area (Å²) in [5.74, 6) is -1.31. The Bertz CT molecular complexity index is 726. The molecule has 0 aliphatic rings. The number of nitrogens with two attached hydrogens (primary N) is 2. The fraction of sp³-hybridized carbons (Fsp3) is 0.154. The van der Waals surface area contributed by atoms with Crippen molar-refractivity contribution in [1.82, 2.24) is 0 Å². The van der Waals surface area contributed by atoms with Crippen molar-refractivity contribution in [2.24, 2.45) is 11.5 Å². The second kappa shape index (κ2) is 4.99. The molecule has 100 valence electrons. The smallest absolute Gasteiger partial charge is 0.235 e. The van der Waals surface area contributed by atoms with Crippen LogP contribution in [0.4, 0.5) is 0 Å². The van der Waals surface area contributed by atoms with E-state index in [1.807, 2.05) is 24.3 Å². The van der Waals surface area contributed by atoms with Gasteiger partial charge in [0.2, 0.25) is 5.91 Å². The third-order valence-electron chi connectivity index (χ3n) is 2.84. The lowest BCUT2D eigenvalue weighted by molar-refractivity contribution is -0.118. The van der Waals surface area contributed by atoms with Crippen molar-refractivity contribution in [2.45, 2.75) is 10.9 Å². The quantitative estimate of drug-likeness (QED) is 0.846. The van der Waals surface area contributed by atoms with Gasteiger partial charge < -0.3 is 11.5 Å². The zero-order valence-electron chi connectivity index (χ0n) is 10.1. The van der Waals surface area contributed by atoms with E-state index in [1.165, 1.54) is 6.07 Å². The van der Waals surface area contributed by atoms with Crippen LogP contribution in [-0.2, 0) is 14.6 Å². The first-order chi connectivity index (χ1) is 8.90. The molecule has 2 rings (SSSR count). The summed E-state index contributed by atoms with van der Waals surface area (Å²) in [6.45, 7) is 0. The molecular formula is C13H14N2O3S. The highest BCUT2D eigenvalue weighted by Crippen LogP contribution is 2.20. The lowest BCUT2D eigenvalue weighted by Crippen LogP contribution is -2.41. The van der Waals surface area contributed by atoms with Crippen LogP contribution in [0.25, 0.3) is 10.8 Å². The number of rotatable bonds is 4. The zero-order valence-corrected chi connectivity index (χ0v) is 10.9. The third-order valence-corrected chi connectivity index (χ3v) is 4.61. The molecular weight excluding hydrogens is 264 g/mol. The second-order valence-corrected chi connectivity index (χ2v) is 6.33. The highest BCUT2D eigenvalue weighted by molar-refractivity contribution is 7.91.